The lowest BCUT2D eigenvalue weighted by molar-refractivity contribution is 0.0438. The van der Waals surface area contributed by atoms with Crippen molar-refractivity contribution in [2.75, 3.05) is 26.3 Å². The minimum atomic E-state index is -0.201. The molecule has 94 valence electrons. The van der Waals surface area contributed by atoms with E-state index in [1.807, 2.05) is 0 Å². The van der Waals surface area contributed by atoms with Crippen molar-refractivity contribution in [3.8, 4) is 0 Å². The van der Waals surface area contributed by atoms with Crippen LogP contribution >= 0.6 is 0 Å². The number of ether oxygens (including phenoxy) is 1. The van der Waals surface area contributed by atoms with Crippen molar-refractivity contribution < 1.29 is 14.6 Å². The predicted molar refractivity (Wildman–Crippen MR) is 62.3 cm³/mol. The summed E-state index contributed by atoms with van der Waals surface area (Å²) in [5.74, 6) is 0. The highest BCUT2D eigenvalue weighted by atomic mass is 16.6. The molecule has 1 aliphatic heterocycles. The van der Waals surface area contributed by atoms with Crippen molar-refractivity contribution in [1.29, 1.82) is 0 Å². The molecule has 0 aromatic rings. The molecule has 0 radical (unpaired) electrons. The zero-order valence-electron chi connectivity index (χ0n) is 10.4. The molecule has 0 atom stereocenters. The number of piperidine rings is 1. The molecular formula is C12H23NO3. The highest BCUT2D eigenvalue weighted by Crippen LogP contribution is 2.30. The van der Waals surface area contributed by atoms with Gasteiger partial charge in [-0.2, -0.15) is 0 Å². The van der Waals surface area contributed by atoms with Crippen LogP contribution in [0.2, 0.25) is 0 Å². The average Bonchev–Trinajstić information content (AvgIpc) is 2.30. The predicted octanol–water partition coefficient (Wildman–Crippen LogP) is 2.02. The minimum Gasteiger partial charge on any atom is -0.449 e. The molecule has 0 spiro atoms. The van der Waals surface area contributed by atoms with E-state index in [4.69, 9.17) is 4.74 Å². The number of aliphatic hydroxyl groups is 1. The standard InChI is InChI=1S/C12H23NO3/c1-3-4-9-16-11(15)13-7-5-12(2,10-14)6-8-13/h14H,3-10H2,1-2H3. The maximum atomic E-state index is 11.6. The number of amides is 1. The lowest BCUT2D eigenvalue weighted by Gasteiger charge is -2.37. The second kappa shape index (κ2) is 6.09. The molecule has 4 nitrogen and oxygen atoms in total. The third-order valence-electron chi connectivity index (χ3n) is 3.33. The van der Waals surface area contributed by atoms with E-state index in [-0.39, 0.29) is 18.1 Å². The summed E-state index contributed by atoms with van der Waals surface area (Å²) < 4.78 is 5.15. The molecule has 0 unspecified atom stereocenters. The van der Waals surface area contributed by atoms with Crippen LogP contribution in [0.3, 0.4) is 0 Å². The topological polar surface area (TPSA) is 49.8 Å². The summed E-state index contributed by atoms with van der Waals surface area (Å²) >= 11 is 0. The number of nitrogens with zero attached hydrogens (tertiary/aromatic N) is 1. The number of aliphatic hydroxyl groups excluding tert-OH is 1. The Morgan fingerprint density at radius 1 is 1.44 bits per heavy atom. The lowest BCUT2D eigenvalue weighted by atomic mass is 9.81. The molecule has 0 aliphatic carbocycles. The Labute approximate surface area is 97.6 Å². The molecule has 0 aromatic heterocycles. The summed E-state index contributed by atoms with van der Waals surface area (Å²) in [4.78, 5) is 13.4. The molecule has 1 fully saturated rings. The number of carbonyl (C=O) groups excluding carboxylic acids is 1. The van der Waals surface area contributed by atoms with Crippen LogP contribution in [0.1, 0.15) is 39.5 Å². The SMILES string of the molecule is CCCCOC(=O)N1CCC(C)(CO)CC1. The van der Waals surface area contributed by atoms with E-state index in [1.54, 1.807) is 4.90 Å². The lowest BCUT2D eigenvalue weighted by Crippen LogP contribution is -2.43. The van der Waals surface area contributed by atoms with Crippen molar-refractivity contribution >= 4 is 6.09 Å². The van der Waals surface area contributed by atoms with Gasteiger partial charge in [-0.05, 0) is 24.7 Å². The Bertz CT molecular complexity index is 222. The fourth-order valence-corrected chi connectivity index (χ4v) is 1.78. The fourth-order valence-electron chi connectivity index (χ4n) is 1.78. The molecule has 1 rings (SSSR count). The van der Waals surface area contributed by atoms with Crippen LogP contribution in [0.25, 0.3) is 0 Å². The number of carbonyl (C=O) groups is 1. The van der Waals surface area contributed by atoms with E-state index in [2.05, 4.69) is 13.8 Å². The van der Waals surface area contributed by atoms with Crippen molar-refractivity contribution in [3.05, 3.63) is 0 Å². The molecular weight excluding hydrogens is 206 g/mol. The van der Waals surface area contributed by atoms with Crippen LogP contribution in [0.5, 0.6) is 0 Å². The van der Waals surface area contributed by atoms with E-state index in [9.17, 15) is 9.90 Å². The second-order valence-electron chi connectivity index (χ2n) is 4.92. The maximum Gasteiger partial charge on any atom is 0.409 e. The first-order valence-corrected chi connectivity index (χ1v) is 6.14. The van der Waals surface area contributed by atoms with Crippen molar-refractivity contribution in [2.45, 2.75) is 39.5 Å². The van der Waals surface area contributed by atoms with Gasteiger partial charge in [0, 0.05) is 19.7 Å². The number of hydrogen-bond donors (Lipinski definition) is 1. The highest BCUT2D eigenvalue weighted by Gasteiger charge is 2.31. The molecule has 1 saturated heterocycles. The molecule has 0 saturated carbocycles. The number of unbranched alkanes of at least 4 members (excludes halogenated alkanes) is 1. The van der Waals surface area contributed by atoms with Gasteiger partial charge in [-0.25, -0.2) is 4.79 Å². The Kier molecular flexibility index (Phi) is 5.06. The van der Waals surface area contributed by atoms with E-state index >= 15 is 0 Å². The second-order valence-corrected chi connectivity index (χ2v) is 4.92. The van der Waals surface area contributed by atoms with Crippen LogP contribution in [-0.2, 0) is 4.74 Å². The van der Waals surface area contributed by atoms with Gasteiger partial charge < -0.3 is 14.7 Å². The van der Waals surface area contributed by atoms with Gasteiger partial charge in [0.15, 0.2) is 0 Å². The number of likely N-dealkylation sites (tertiary alicyclic amines) is 1. The minimum absolute atomic E-state index is 0.0137. The van der Waals surface area contributed by atoms with Gasteiger partial charge in [0.05, 0.1) is 6.61 Å². The van der Waals surface area contributed by atoms with Gasteiger partial charge in [-0.15, -0.1) is 0 Å². The quantitative estimate of drug-likeness (QED) is 0.750. The molecule has 16 heavy (non-hydrogen) atoms. The zero-order valence-corrected chi connectivity index (χ0v) is 10.4. The van der Waals surface area contributed by atoms with Crippen LogP contribution in [-0.4, -0.2) is 42.4 Å². The zero-order chi connectivity index (χ0) is 12.0. The van der Waals surface area contributed by atoms with Crippen molar-refractivity contribution in [3.63, 3.8) is 0 Å². The fraction of sp³-hybridized carbons (Fsp3) is 0.917. The van der Waals surface area contributed by atoms with Crippen molar-refractivity contribution in [1.82, 2.24) is 4.90 Å². The van der Waals surface area contributed by atoms with Gasteiger partial charge in [0.1, 0.15) is 0 Å². The van der Waals surface area contributed by atoms with Crippen LogP contribution in [0.4, 0.5) is 4.79 Å². The van der Waals surface area contributed by atoms with Crippen LogP contribution < -0.4 is 0 Å². The third-order valence-corrected chi connectivity index (χ3v) is 3.33. The largest absolute Gasteiger partial charge is 0.449 e. The van der Waals surface area contributed by atoms with E-state index in [0.29, 0.717) is 19.7 Å². The molecule has 1 amide bonds. The summed E-state index contributed by atoms with van der Waals surface area (Å²) in [5, 5.41) is 9.21. The summed E-state index contributed by atoms with van der Waals surface area (Å²) in [5.41, 5.74) is -0.0137. The van der Waals surface area contributed by atoms with E-state index in [0.717, 1.165) is 25.7 Å². The monoisotopic (exact) mass is 229 g/mol. The van der Waals surface area contributed by atoms with Gasteiger partial charge in [0.25, 0.3) is 0 Å². The Balaban J connectivity index is 2.27. The summed E-state index contributed by atoms with van der Waals surface area (Å²) in [6, 6.07) is 0. The maximum absolute atomic E-state index is 11.6. The normalized spacial score (nSPS) is 19.6. The first-order chi connectivity index (χ1) is 7.61. The van der Waals surface area contributed by atoms with E-state index in [1.165, 1.54) is 0 Å². The summed E-state index contributed by atoms with van der Waals surface area (Å²) in [6.07, 6.45) is 3.47. The first-order valence-electron chi connectivity index (χ1n) is 6.14. The average molecular weight is 229 g/mol. The van der Waals surface area contributed by atoms with Crippen molar-refractivity contribution in [2.24, 2.45) is 5.41 Å². The molecule has 0 aromatic carbocycles. The highest BCUT2D eigenvalue weighted by molar-refractivity contribution is 5.67. The van der Waals surface area contributed by atoms with Crippen LogP contribution in [0.15, 0.2) is 0 Å². The molecule has 0 bridgehead atoms. The third kappa shape index (κ3) is 3.67. The summed E-state index contributed by atoms with van der Waals surface area (Å²) in [7, 11) is 0. The Hall–Kier alpha value is -0.770. The molecule has 1 heterocycles. The molecule has 1 N–H and O–H groups in total. The van der Waals surface area contributed by atoms with E-state index < -0.39 is 0 Å². The smallest absolute Gasteiger partial charge is 0.409 e. The Morgan fingerprint density at radius 3 is 2.56 bits per heavy atom. The molecule has 1 aliphatic rings. The first kappa shape index (κ1) is 13.3. The van der Waals surface area contributed by atoms with Crippen LogP contribution in [0, 0.1) is 5.41 Å². The summed E-state index contributed by atoms with van der Waals surface area (Å²) in [6.45, 7) is 6.24. The Morgan fingerprint density at radius 2 is 2.06 bits per heavy atom. The van der Waals surface area contributed by atoms with Gasteiger partial charge in [-0.1, -0.05) is 20.3 Å². The van der Waals surface area contributed by atoms with Gasteiger partial charge in [-0.3, -0.25) is 0 Å². The van der Waals surface area contributed by atoms with Gasteiger partial charge in [0.2, 0.25) is 0 Å². The number of rotatable bonds is 4. The molecule has 4 heteroatoms. The van der Waals surface area contributed by atoms with Gasteiger partial charge >= 0.3 is 6.09 Å². The number of hydrogen-bond acceptors (Lipinski definition) is 3.